The molecule has 0 aliphatic heterocycles. The van der Waals surface area contributed by atoms with Gasteiger partial charge in [-0.15, -0.1) is 0 Å². The molecule has 0 spiro atoms. The van der Waals surface area contributed by atoms with Gasteiger partial charge in [0.15, 0.2) is 0 Å². The number of nitrogens with one attached hydrogen (secondary N) is 1. The number of amides is 1. The molecule has 138 valence electrons. The largest absolute Gasteiger partial charge is 0.417 e. The summed E-state index contributed by atoms with van der Waals surface area (Å²) in [6.45, 7) is 1.40. The van der Waals surface area contributed by atoms with Crippen LogP contribution in [-0.4, -0.2) is 22.2 Å². The van der Waals surface area contributed by atoms with E-state index >= 15 is 0 Å². The molecule has 1 fully saturated rings. The fourth-order valence-corrected chi connectivity index (χ4v) is 3.79. The number of nitrogens with zero attached hydrogens (tertiary/aromatic N) is 3. The van der Waals surface area contributed by atoms with Gasteiger partial charge in [0.25, 0.3) is 0 Å². The van der Waals surface area contributed by atoms with Gasteiger partial charge >= 0.3 is 6.18 Å². The van der Waals surface area contributed by atoms with Crippen LogP contribution in [0.5, 0.6) is 0 Å². The topological polar surface area (TPSA) is 89.6 Å². The summed E-state index contributed by atoms with van der Waals surface area (Å²) >= 11 is 0.767. The number of pyridine rings is 1. The monoisotopic (exact) mass is 382 g/mol. The third-order valence-electron chi connectivity index (χ3n) is 4.17. The first-order chi connectivity index (χ1) is 12.2. The Hall–Kier alpha value is -2.26. The lowest BCUT2D eigenvalue weighted by molar-refractivity contribution is -0.138. The van der Waals surface area contributed by atoms with Gasteiger partial charge in [-0.1, -0.05) is 31.0 Å². The molecule has 1 aliphatic carbocycles. The van der Waals surface area contributed by atoms with Gasteiger partial charge in [-0.2, -0.15) is 23.7 Å². The first kappa shape index (κ1) is 20.1. The lowest BCUT2D eigenvalue weighted by atomic mass is 9.83. The van der Waals surface area contributed by atoms with Crippen LogP contribution < -0.4 is 5.32 Å². The summed E-state index contributed by atoms with van der Waals surface area (Å²) in [7, 11) is 0. The normalized spacial score (nSPS) is 16.4. The molecular weight excluding hydrogens is 365 g/mol. The molecule has 0 unspecified atom stereocenters. The number of hydrogen-bond acceptors (Lipinski definition) is 5. The first-order valence-corrected chi connectivity index (χ1v) is 9.03. The number of aryl methyl sites for hydroxylation is 1. The van der Waals surface area contributed by atoms with E-state index in [2.05, 4.69) is 16.4 Å². The second-order valence-electron chi connectivity index (χ2n) is 6.19. The Kier molecular flexibility index (Phi) is 6.14. The number of carbonyl (C=O) groups excluding carboxylic acids is 1. The van der Waals surface area contributed by atoms with E-state index < -0.39 is 28.7 Å². The molecule has 0 saturated heterocycles. The minimum absolute atomic E-state index is 0.111. The number of nitriles is 2. The summed E-state index contributed by atoms with van der Waals surface area (Å²) in [4.78, 5) is 16.2. The Morgan fingerprint density at radius 1 is 1.35 bits per heavy atom. The highest BCUT2D eigenvalue weighted by Gasteiger charge is 2.36. The summed E-state index contributed by atoms with van der Waals surface area (Å²) in [6, 6.07) is 4.50. The number of rotatable bonds is 4. The highest BCUT2D eigenvalue weighted by molar-refractivity contribution is 8.00. The van der Waals surface area contributed by atoms with Crippen molar-refractivity contribution in [3.05, 3.63) is 22.9 Å². The van der Waals surface area contributed by atoms with Crippen molar-refractivity contribution in [3.8, 4) is 12.1 Å². The Bertz CT molecular complexity index is 774. The van der Waals surface area contributed by atoms with Gasteiger partial charge in [0.05, 0.1) is 22.9 Å². The second-order valence-corrected chi connectivity index (χ2v) is 7.16. The minimum Gasteiger partial charge on any atom is -0.337 e. The van der Waals surface area contributed by atoms with Crippen molar-refractivity contribution in [1.29, 1.82) is 10.5 Å². The van der Waals surface area contributed by atoms with Crippen molar-refractivity contribution in [1.82, 2.24) is 10.3 Å². The van der Waals surface area contributed by atoms with Gasteiger partial charge in [-0.25, -0.2) is 4.98 Å². The van der Waals surface area contributed by atoms with Crippen molar-refractivity contribution >= 4 is 17.7 Å². The fourth-order valence-electron chi connectivity index (χ4n) is 2.94. The van der Waals surface area contributed by atoms with E-state index in [9.17, 15) is 23.2 Å². The maximum atomic E-state index is 13.1. The van der Waals surface area contributed by atoms with Crippen LogP contribution in [0, 0.1) is 29.6 Å². The van der Waals surface area contributed by atoms with Crippen molar-refractivity contribution in [2.45, 2.75) is 55.8 Å². The zero-order chi connectivity index (χ0) is 19.4. The van der Waals surface area contributed by atoms with Crippen LogP contribution in [-0.2, 0) is 11.0 Å². The third-order valence-corrected chi connectivity index (χ3v) is 5.15. The average Bonchev–Trinajstić information content (AvgIpc) is 2.59. The molecule has 0 bridgehead atoms. The zero-order valence-corrected chi connectivity index (χ0v) is 14.9. The standard InChI is InChI=1S/C17H17F3N4OS/c1-11-7-13(17(18,19)20)12(8-21)15(23-11)26-9-14(25)24-16(10-22)5-3-2-4-6-16/h7H,2-6,9H2,1H3,(H,24,25). The number of alkyl halides is 3. The summed E-state index contributed by atoms with van der Waals surface area (Å²) in [5.41, 5.74) is -2.45. The third kappa shape index (κ3) is 4.67. The maximum Gasteiger partial charge on any atom is 0.417 e. The smallest absolute Gasteiger partial charge is 0.337 e. The van der Waals surface area contributed by atoms with Crippen molar-refractivity contribution in [3.63, 3.8) is 0 Å². The predicted octanol–water partition coefficient (Wildman–Crippen LogP) is 3.72. The molecule has 0 atom stereocenters. The number of thioether (sulfide) groups is 1. The van der Waals surface area contributed by atoms with Crippen LogP contribution in [0.15, 0.2) is 11.1 Å². The van der Waals surface area contributed by atoms with Crippen LogP contribution in [0.1, 0.15) is 48.9 Å². The SMILES string of the molecule is Cc1cc(C(F)(F)F)c(C#N)c(SCC(=O)NC2(C#N)CCCCC2)n1. The summed E-state index contributed by atoms with van der Waals surface area (Å²) in [6.07, 6.45) is -0.868. The molecule has 1 amide bonds. The molecule has 1 aromatic rings. The van der Waals surface area contributed by atoms with Gasteiger partial charge < -0.3 is 5.32 Å². The molecule has 9 heteroatoms. The van der Waals surface area contributed by atoms with Crippen LogP contribution in [0.2, 0.25) is 0 Å². The van der Waals surface area contributed by atoms with Gasteiger partial charge in [0.1, 0.15) is 16.6 Å². The van der Waals surface area contributed by atoms with E-state index in [0.717, 1.165) is 37.1 Å². The van der Waals surface area contributed by atoms with Crippen molar-refractivity contribution in [2.24, 2.45) is 0 Å². The predicted molar refractivity (Wildman–Crippen MR) is 89.0 cm³/mol. The Balaban J connectivity index is 2.14. The van der Waals surface area contributed by atoms with E-state index in [-0.39, 0.29) is 16.5 Å². The quantitative estimate of drug-likeness (QED) is 0.802. The zero-order valence-electron chi connectivity index (χ0n) is 14.1. The van der Waals surface area contributed by atoms with Crippen LogP contribution in [0.25, 0.3) is 0 Å². The molecule has 2 rings (SSSR count). The lowest BCUT2D eigenvalue weighted by Gasteiger charge is -2.31. The van der Waals surface area contributed by atoms with Gasteiger partial charge in [-0.3, -0.25) is 4.79 Å². The van der Waals surface area contributed by atoms with E-state index in [1.54, 1.807) is 0 Å². The second kappa shape index (κ2) is 7.96. The molecule has 1 saturated carbocycles. The van der Waals surface area contributed by atoms with Gasteiger partial charge in [0.2, 0.25) is 5.91 Å². The number of halogens is 3. The maximum absolute atomic E-state index is 13.1. The van der Waals surface area contributed by atoms with Crippen molar-refractivity contribution in [2.75, 3.05) is 5.75 Å². The van der Waals surface area contributed by atoms with Crippen LogP contribution >= 0.6 is 11.8 Å². The number of aromatic nitrogens is 1. The molecule has 1 N–H and O–H groups in total. The van der Waals surface area contributed by atoms with Crippen molar-refractivity contribution < 1.29 is 18.0 Å². The highest BCUT2D eigenvalue weighted by Crippen LogP contribution is 2.36. The molecule has 26 heavy (non-hydrogen) atoms. The number of hydrogen-bond donors (Lipinski definition) is 1. The minimum atomic E-state index is -4.68. The fraction of sp³-hybridized carbons (Fsp3) is 0.529. The molecule has 1 heterocycles. The summed E-state index contributed by atoms with van der Waals surface area (Å²) in [5, 5.41) is 21.0. The molecule has 1 aromatic heterocycles. The molecular formula is C17H17F3N4OS. The summed E-state index contributed by atoms with van der Waals surface area (Å²) in [5.74, 6) is -0.675. The Labute approximate surface area is 153 Å². The Morgan fingerprint density at radius 2 is 2.00 bits per heavy atom. The van der Waals surface area contributed by atoms with Gasteiger partial charge in [-0.05, 0) is 25.8 Å². The van der Waals surface area contributed by atoms with E-state index in [0.29, 0.717) is 12.8 Å². The molecule has 5 nitrogen and oxygen atoms in total. The first-order valence-electron chi connectivity index (χ1n) is 8.05. The summed E-state index contributed by atoms with van der Waals surface area (Å²) < 4.78 is 39.3. The molecule has 0 radical (unpaired) electrons. The average molecular weight is 382 g/mol. The van der Waals surface area contributed by atoms with E-state index in [4.69, 9.17) is 5.26 Å². The van der Waals surface area contributed by atoms with E-state index in [1.165, 1.54) is 13.0 Å². The number of carbonyl (C=O) groups is 1. The van der Waals surface area contributed by atoms with Gasteiger partial charge in [0, 0.05) is 5.69 Å². The Morgan fingerprint density at radius 3 is 2.54 bits per heavy atom. The van der Waals surface area contributed by atoms with Crippen LogP contribution in [0.3, 0.4) is 0 Å². The highest BCUT2D eigenvalue weighted by atomic mass is 32.2. The van der Waals surface area contributed by atoms with E-state index in [1.807, 2.05) is 0 Å². The molecule has 1 aliphatic rings. The lowest BCUT2D eigenvalue weighted by Crippen LogP contribution is -2.49. The molecule has 0 aromatic carbocycles. The van der Waals surface area contributed by atoms with Crippen LogP contribution in [0.4, 0.5) is 13.2 Å².